The van der Waals surface area contributed by atoms with E-state index in [0.717, 1.165) is 19.5 Å². The summed E-state index contributed by atoms with van der Waals surface area (Å²) in [6.07, 6.45) is 0. The van der Waals surface area contributed by atoms with Crippen molar-refractivity contribution in [2.75, 3.05) is 8.26 Å². The molecule has 0 radical (unpaired) electrons. The molecule has 0 atom stereocenters. The molecular formula is C26H24N2O2S2Sn. The Balaban J connectivity index is 1.73. The van der Waals surface area contributed by atoms with Gasteiger partial charge in [0.1, 0.15) is 0 Å². The predicted molar refractivity (Wildman–Crippen MR) is 139 cm³/mol. The molecule has 0 saturated heterocycles. The predicted octanol–water partition coefficient (Wildman–Crippen LogP) is 5.58. The van der Waals surface area contributed by atoms with E-state index in [1.165, 1.54) is 11.1 Å². The molecule has 1 aliphatic rings. The molecule has 4 aromatic rings. The molecule has 5 rings (SSSR count). The van der Waals surface area contributed by atoms with Crippen molar-refractivity contribution >= 4 is 47.6 Å². The molecule has 0 fully saturated rings. The molecule has 0 spiro atoms. The van der Waals surface area contributed by atoms with Crippen molar-refractivity contribution < 1.29 is 8.42 Å². The maximum absolute atomic E-state index is 14.3. The molecule has 0 saturated carbocycles. The molecule has 0 aliphatic carbocycles. The first-order valence-electron chi connectivity index (χ1n) is 10.8. The van der Waals surface area contributed by atoms with Gasteiger partial charge in [0.25, 0.3) is 0 Å². The van der Waals surface area contributed by atoms with Crippen LogP contribution in [0.5, 0.6) is 0 Å². The molecule has 33 heavy (non-hydrogen) atoms. The first-order chi connectivity index (χ1) is 16.0. The van der Waals surface area contributed by atoms with Crippen molar-refractivity contribution in [3.63, 3.8) is 0 Å². The second kappa shape index (κ2) is 9.08. The van der Waals surface area contributed by atoms with Gasteiger partial charge in [-0.3, -0.25) is 0 Å². The Labute approximate surface area is 202 Å². The summed E-state index contributed by atoms with van der Waals surface area (Å²) in [6.45, 7) is 0. The number of para-hydroxylation sites is 2. The van der Waals surface area contributed by atoms with E-state index in [1.807, 2.05) is 72.1 Å². The van der Waals surface area contributed by atoms with Crippen LogP contribution in [-0.2, 0) is 18.9 Å². The van der Waals surface area contributed by atoms with Crippen molar-refractivity contribution in [3.8, 4) is 0 Å². The second-order valence-electron chi connectivity index (χ2n) is 8.15. The molecule has 7 heteroatoms. The Morgan fingerprint density at radius 1 is 0.697 bits per heavy atom. The van der Waals surface area contributed by atoms with Crippen molar-refractivity contribution in [2.45, 2.75) is 18.7 Å². The third-order valence-electron chi connectivity index (χ3n) is 5.84. The summed E-state index contributed by atoms with van der Waals surface area (Å²) in [6, 6.07) is 35.2. The number of anilines is 2. The number of sulfonamides is 1. The Hall–Kier alpha value is -2.42. The summed E-state index contributed by atoms with van der Waals surface area (Å²) in [7, 11) is -2.03. The Bertz CT molecular complexity index is 1340. The van der Waals surface area contributed by atoms with Crippen LogP contribution in [0.25, 0.3) is 0 Å². The van der Waals surface area contributed by atoms with Gasteiger partial charge in [0.2, 0.25) is 0 Å². The average molecular weight is 579 g/mol. The molecule has 0 aromatic heterocycles. The van der Waals surface area contributed by atoms with E-state index in [-0.39, 0.29) is 10.6 Å². The van der Waals surface area contributed by atoms with Crippen molar-refractivity contribution in [2.24, 2.45) is 0 Å². The summed E-state index contributed by atoms with van der Waals surface area (Å²) >= 11 is -3.81. The van der Waals surface area contributed by atoms with Gasteiger partial charge >= 0.3 is 203 Å². The van der Waals surface area contributed by atoms with E-state index in [0.29, 0.717) is 0 Å². The summed E-state index contributed by atoms with van der Waals surface area (Å²) in [5.41, 5.74) is 9.61. The minimum atomic E-state index is -3.85. The molecule has 0 bridgehead atoms. The van der Waals surface area contributed by atoms with Crippen LogP contribution in [-0.4, -0.2) is 25.7 Å². The summed E-state index contributed by atoms with van der Waals surface area (Å²) in [5, 5.41) is 0. The van der Waals surface area contributed by atoms with E-state index in [4.69, 9.17) is 5.73 Å². The van der Waals surface area contributed by atoms with Crippen LogP contribution in [0, 0.1) is 0 Å². The summed E-state index contributed by atoms with van der Waals surface area (Å²) in [5.74, 6) is 0. The number of benzene rings is 4. The molecule has 4 nitrogen and oxygen atoms in total. The number of nitrogen functional groups attached to an aromatic ring is 1. The van der Waals surface area contributed by atoms with Crippen LogP contribution in [0.3, 0.4) is 0 Å². The van der Waals surface area contributed by atoms with Crippen molar-refractivity contribution in [1.29, 1.82) is 0 Å². The second-order valence-corrected chi connectivity index (χ2v) is 27.0. The van der Waals surface area contributed by atoms with Crippen molar-refractivity contribution in [3.05, 3.63) is 120 Å². The molecular weight excluding hydrogens is 555 g/mol. The quantitative estimate of drug-likeness (QED) is 0.240. The average Bonchev–Trinajstić information content (AvgIpc) is 3.14. The first-order valence-corrected chi connectivity index (χ1v) is 21.8. The number of fused-ring (bicyclic) bond motifs is 1. The number of hydrogen-bond donors (Lipinski definition) is 1. The van der Waals surface area contributed by atoms with Crippen LogP contribution < -0.4 is 8.26 Å². The first kappa shape index (κ1) is 22.4. The van der Waals surface area contributed by atoms with Gasteiger partial charge in [-0.05, 0) is 0 Å². The normalized spacial score (nSPS) is 14.7. The van der Waals surface area contributed by atoms with Crippen LogP contribution in [0.1, 0.15) is 11.1 Å². The van der Waals surface area contributed by atoms with Gasteiger partial charge in [0, 0.05) is 0 Å². The fourth-order valence-corrected chi connectivity index (χ4v) is 33.4. The van der Waals surface area contributed by atoms with Gasteiger partial charge < -0.3 is 0 Å². The Morgan fingerprint density at radius 2 is 1.21 bits per heavy atom. The van der Waals surface area contributed by atoms with E-state index >= 15 is 0 Å². The van der Waals surface area contributed by atoms with Crippen LogP contribution in [0.15, 0.2) is 119 Å². The van der Waals surface area contributed by atoms with Crippen LogP contribution in [0.2, 0.25) is 0 Å². The topological polar surface area (TPSA) is 63.4 Å². The summed E-state index contributed by atoms with van der Waals surface area (Å²) in [4.78, 5) is 1.22. The fourth-order valence-electron chi connectivity index (χ4n) is 4.45. The molecule has 166 valence electrons. The number of hydrogen-bond acceptors (Lipinski definition) is 4. The Morgan fingerprint density at radius 3 is 1.82 bits per heavy atom. The molecule has 1 heterocycles. The minimum absolute atomic E-state index is 0.185. The molecule has 0 unspecified atom stereocenters. The number of nitrogens with zero attached hydrogens (tertiary/aromatic N) is 1. The Kier molecular flexibility index (Phi) is 6.16. The van der Waals surface area contributed by atoms with E-state index < -0.39 is 27.3 Å². The zero-order valence-electron chi connectivity index (χ0n) is 18.0. The summed E-state index contributed by atoms with van der Waals surface area (Å²) < 4.78 is 31.9. The van der Waals surface area contributed by atoms with Gasteiger partial charge in [-0.2, -0.15) is 0 Å². The molecule has 1 aliphatic heterocycles. The van der Waals surface area contributed by atoms with Gasteiger partial charge in [0.05, 0.1) is 0 Å². The van der Waals surface area contributed by atoms with Crippen molar-refractivity contribution in [1.82, 2.24) is 0 Å². The zero-order chi connectivity index (χ0) is 22.9. The van der Waals surface area contributed by atoms with Gasteiger partial charge in [-0.1, -0.05) is 0 Å². The van der Waals surface area contributed by atoms with Crippen LogP contribution >= 0.6 is 8.95 Å². The van der Waals surface area contributed by atoms with E-state index in [2.05, 4.69) is 24.3 Å². The van der Waals surface area contributed by atoms with Gasteiger partial charge in [-0.15, -0.1) is 0 Å². The van der Waals surface area contributed by atoms with E-state index in [9.17, 15) is 8.42 Å². The third kappa shape index (κ3) is 4.27. The third-order valence-corrected chi connectivity index (χ3v) is 30.1. The van der Waals surface area contributed by atoms with Crippen LogP contribution in [0.4, 0.5) is 11.4 Å². The standard InChI is InChI=1S/C12H11N2O2S2.2C7H7.Sn/c13-9-5-1-4-8-12(9)18(15,16)14-10-6-2-3-7-11(10)17;2*1-7-5-3-2-4-6-7;/h1-8,17H,13H2;2*2-6H,1H2;/q-1;;;+2/p-1. The molecule has 2 N–H and O–H groups in total. The fraction of sp³-hybridized carbons (Fsp3) is 0.0769. The SMILES string of the molecule is Nc1ccccc1S(=O)(=O)[N]1c2ccccc2[S][Sn]1([CH2]c1ccccc1)[CH2]c1ccccc1. The van der Waals surface area contributed by atoms with E-state index in [1.54, 1.807) is 24.3 Å². The van der Waals surface area contributed by atoms with Gasteiger partial charge in [0.15, 0.2) is 0 Å². The zero-order valence-corrected chi connectivity index (χ0v) is 22.5. The molecule has 4 aromatic carbocycles. The van der Waals surface area contributed by atoms with Gasteiger partial charge in [-0.25, -0.2) is 0 Å². The maximum atomic E-state index is 14.3. The molecule has 0 amide bonds. The number of nitrogens with two attached hydrogens (primary N) is 1. The monoisotopic (exact) mass is 580 g/mol. The number of rotatable bonds is 6.